The number of hydrogen-bond donors (Lipinski definition) is 0. The zero-order chi connectivity index (χ0) is 19.6. The van der Waals surface area contributed by atoms with Crippen LogP contribution in [0.15, 0.2) is 48.5 Å². The van der Waals surface area contributed by atoms with Crippen molar-refractivity contribution in [2.24, 2.45) is 0 Å². The second-order valence-electron chi connectivity index (χ2n) is 6.73. The van der Waals surface area contributed by atoms with E-state index in [-0.39, 0.29) is 5.91 Å². The molecule has 1 amide bonds. The molecule has 0 radical (unpaired) electrons. The van der Waals surface area contributed by atoms with Crippen LogP contribution in [0, 0.1) is 20.8 Å². The Hall–Kier alpha value is -2.59. The molecule has 0 aliphatic carbocycles. The molecule has 0 saturated heterocycles. The summed E-state index contributed by atoms with van der Waals surface area (Å²) in [4.78, 5) is 15.1. The van der Waals surface area contributed by atoms with E-state index in [9.17, 15) is 4.79 Å². The van der Waals surface area contributed by atoms with Crippen LogP contribution in [0.1, 0.15) is 39.7 Å². The molecule has 0 aliphatic rings. The van der Waals surface area contributed by atoms with Crippen molar-refractivity contribution < 1.29 is 4.79 Å². The number of rotatable bonds is 5. The molecule has 27 heavy (non-hydrogen) atoms. The van der Waals surface area contributed by atoms with E-state index in [0.29, 0.717) is 29.5 Å². The highest BCUT2D eigenvalue weighted by molar-refractivity contribution is 6.33. The lowest BCUT2D eigenvalue weighted by molar-refractivity contribution is 0.0987. The van der Waals surface area contributed by atoms with Crippen molar-refractivity contribution in [2.45, 2.75) is 34.2 Å². The van der Waals surface area contributed by atoms with Crippen LogP contribution in [0.2, 0.25) is 5.15 Å². The van der Waals surface area contributed by atoms with Gasteiger partial charge in [-0.1, -0.05) is 54.1 Å². The molecule has 1 aromatic heterocycles. The summed E-state index contributed by atoms with van der Waals surface area (Å²) >= 11 is 6.59. The molecule has 1 heterocycles. The van der Waals surface area contributed by atoms with Crippen molar-refractivity contribution in [1.82, 2.24) is 9.78 Å². The number of carbonyl (C=O) groups excluding carboxylic acids is 1. The Bertz CT molecular complexity index is 963. The van der Waals surface area contributed by atoms with Crippen molar-refractivity contribution in [2.75, 3.05) is 11.4 Å². The maximum absolute atomic E-state index is 13.3. The molecule has 0 unspecified atom stereocenters. The average molecular weight is 382 g/mol. The topological polar surface area (TPSA) is 38.1 Å². The van der Waals surface area contributed by atoms with Crippen LogP contribution < -0.4 is 4.90 Å². The molecule has 0 fully saturated rings. The SMILES string of the molecule is CCN(C(=O)c1c(C)nn(Cc2ccccc2)c1Cl)c1cc(C)ccc1C. The third kappa shape index (κ3) is 3.91. The van der Waals surface area contributed by atoms with Crippen molar-refractivity contribution in [3.63, 3.8) is 0 Å². The minimum atomic E-state index is -0.118. The van der Waals surface area contributed by atoms with Crippen LogP contribution in [0.5, 0.6) is 0 Å². The monoisotopic (exact) mass is 381 g/mol. The van der Waals surface area contributed by atoms with Gasteiger partial charge in [0.05, 0.1) is 17.8 Å². The van der Waals surface area contributed by atoms with E-state index in [0.717, 1.165) is 22.4 Å². The van der Waals surface area contributed by atoms with Gasteiger partial charge in [0.15, 0.2) is 0 Å². The van der Waals surface area contributed by atoms with Gasteiger partial charge in [-0.05, 0) is 50.5 Å². The number of carbonyl (C=O) groups is 1. The van der Waals surface area contributed by atoms with Gasteiger partial charge in [0, 0.05) is 12.2 Å². The van der Waals surface area contributed by atoms with Gasteiger partial charge in [0.2, 0.25) is 0 Å². The van der Waals surface area contributed by atoms with Gasteiger partial charge >= 0.3 is 0 Å². The smallest absolute Gasteiger partial charge is 0.263 e. The number of amides is 1. The predicted molar refractivity (Wildman–Crippen MR) is 111 cm³/mol. The molecule has 0 atom stereocenters. The summed E-state index contributed by atoms with van der Waals surface area (Å²) < 4.78 is 1.69. The highest BCUT2D eigenvalue weighted by Gasteiger charge is 2.26. The molecule has 140 valence electrons. The summed E-state index contributed by atoms with van der Waals surface area (Å²) in [5, 5.41) is 4.89. The van der Waals surface area contributed by atoms with Gasteiger partial charge in [-0.15, -0.1) is 0 Å². The third-order valence-electron chi connectivity index (χ3n) is 4.67. The van der Waals surface area contributed by atoms with E-state index < -0.39 is 0 Å². The predicted octanol–water partition coefficient (Wildman–Crippen LogP) is 5.18. The Labute approximate surface area is 165 Å². The molecule has 3 aromatic rings. The van der Waals surface area contributed by atoms with Crippen LogP contribution in [0.3, 0.4) is 0 Å². The fraction of sp³-hybridized carbons (Fsp3) is 0.273. The van der Waals surface area contributed by atoms with Crippen LogP contribution in [0.25, 0.3) is 0 Å². The van der Waals surface area contributed by atoms with Gasteiger partial charge in [-0.2, -0.15) is 5.10 Å². The number of anilines is 1. The second kappa shape index (κ2) is 7.97. The first-order valence-electron chi connectivity index (χ1n) is 9.08. The molecule has 3 rings (SSSR count). The summed E-state index contributed by atoms with van der Waals surface area (Å²) in [6.45, 7) is 8.93. The Morgan fingerprint density at radius 3 is 2.48 bits per heavy atom. The Morgan fingerprint density at radius 2 is 1.81 bits per heavy atom. The lowest BCUT2D eigenvalue weighted by Crippen LogP contribution is -2.31. The first-order valence-corrected chi connectivity index (χ1v) is 9.46. The number of aryl methyl sites for hydroxylation is 3. The first-order chi connectivity index (χ1) is 12.9. The van der Waals surface area contributed by atoms with Gasteiger partial charge in [0.1, 0.15) is 5.15 Å². The number of halogens is 1. The van der Waals surface area contributed by atoms with Gasteiger partial charge in [-0.25, -0.2) is 4.68 Å². The van der Waals surface area contributed by atoms with Crippen molar-refractivity contribution in [3.05, 3.63) is 81.6 Å². The van der Waals surface area contributed by atoms with Gasteiger partial charge in [-0.3, -0.25) is 4.79 Å². The third-order valence-corrected chi connectivity index (χ3v) is 5.06. The van der Waals surface area contributed by atoms with Crippen LogP contribution in [-0.4, -0.2) is 22.2 Å². The van der Waals surface area contributed by atoms with Crippen LogP contribution >= 0.6 is 11.6 Å². The number of benzene rings is 2. The molecule has 0 saturated carbocycles. The zero-order valence-electron chi connectivity index (χ0n) is 16.2. The maximum atomic E-state index is 13.3. The summed E-state index contributed by atoms with van der Waals surface area (Å²) in [6.07, 6.45) is 0. The van der Waals surface area contributed by atoms with Crippen molar-refractivity contribution in [3.8, 4) is 0 Å². The molecule has 0 bridgehead atoms. The second-order valence-corrected chi connectivity index (χ2v) is 7.09. The summed E-state index contributed by atoms with van der Waals surface area (Å²) in [5.74, 6) is -0.118. The zero-order valence-corrected chi connectivity index (χ0v) is 16.9. The summed E-state index contributed by atoms with van der Waals surface area (Å²) in [6, 6.07) is 16.1. The summed E-state index contributed by atoms with van der Waals surface area (Å²) in [7, 11) is 0. The molecule has 4 nitrogen and oxygen atoms in total. The fourth-order valence-corrected chi connectivity index (χ4v) is 3.54. The van der Waals surface area contributed by atoms with E-state index in [1.54, 1.807) is 9.58 Å². The van der Waals surface area contributed by atoms with E-state index in [4.69, 9.17) is 11.6 Å². The van der Waals surface area contributed by atoms with E-state index in [1.165, 1.54) is 0 Å². The highest BCUT2D eigenvalue weighted by atomic mass is 35.5. The molecule has 5 heteroatoms. The minimum absolute atomic E-state index is 0.118. The lowest BCUT2D eigenvalue weighted by Gasteiger charge is -2.23. The maximum Gasteiger partial charge on any atom is 0.263 e. The quantitative estimate of drug-likeness (QED) is 0.611. The molecule has 0 aliphatic heterocycles. The van der Waals surface area contributed by atoms with Crippen LogP contribution in [0.4, 0.5) is 5.69 Å². The molecule has 0 spiro atoms. The highest BCUT2D eigenvalue weighted by Crippen LogP contribution is 2.27. The Morgan fingerprint density at radius 1 is 1.11 bits per heavy atom. The summed E-state index contributed by atoms with van der Waals surface area (Å²) in [5.41, 5.74) is 5.28. The first kappa shape index (κ1) is 19.2. The molecule has 2 aromatic carbocycles. The normalized spacial score (nSPS) is 10.9. The minimum Gasteiger partial charge on any atom is -0.308 e. The average Bonchev–Trinajstić information content (AvgIpc) is 2.92. The fourth-order valence-electron chi connectivity index (χ4n) is 3.23. The van der Waals surface area contributed by atoms with Gasteiger partial charge in [0.25, 0.3) is 5.91 Å². The number of nitrogens with zero attached hydrogens (tertiary/aromatic N) is 3. The number of hydrogen-bond acceptors (Lipinski definition) is 2. The van der Waals surface area contributed by atoms with Crippen LogP contribution in [-0.2, 0) is 6.54 Å². The molecular weight excluding hydrogens is 358 g/mol. The van der Waals surface area contributed by atoms with Crippen molar-refractivity contribution >= 4 is 23.2 Å². The van der Waals surface area contributed by atoms with E-state index >= 15 is 0 Å². The number of aromatic nitrogens is 2. The standard InChI is InChI=1S/C22H24ClN3O/c1-5-25(19-13-15(2)11-12-16(19)3)22(27)20-17(4)24-26(21(20)23)14-18-9-7-6-8-10-18/h6-13H,5,14H2,1-4H3. The Balaban J connectivity index is 1.97. The lowest BCUT2D eigenvalue weighted by atomic mass is 10.1. The van der Waals surface area contributed by atoms with E-state index in [1.807, 2.05) is 76.2 Å². The van der Waals surface area contributed by atoms with Gasteiger partial charge < -0.3 is 4.90 Å². The Kier molecular flexibility index (Phi) is 5.66. The molecular formula is C22H24ClN3O. The van der Waals surface area contributed by atoms with Crippen molar-refractivity contribution in [1.29, 1.82) is 0 Å². The molecule has 0 N–H and O–H groups in total. The largest absolute Gasteiger partial charge is 0.308 e. The van der Waals surface area contributed by atoms with E-state index in [2.05, 4.69) is 5.10 Å².